The van der Waals surface area contributed by atoms with Crippen molar-refractivity contribution in [3.63, 3.8) is 0 Å². The number of nitrogens with zero attached hydrogens (tertiary/aromatic N) is 1. The number of carbonyl (C=O) groups excluding carboxylic acids is 1. The first-order chi connectivity index (χ1) is 15.1. The number of halogens is 2. The topological polar surface area (TPSA) is 32.3 Å². The van der Waals surface area contributed by atoms with Gasteiger partial charge in [-0.3, -0.25) is 9.69 Å². The molecule has 1 N–H and O–H groups in total. The quantitative estimate of drug-likeness (QED) is 0.506. The fourth-order valence-electron chi connectivity index (χ4n) is 5.64. The molecule has 0 bridgehead atoms. The molecule has 0 unspecified atom stereocenters. The maximum atomic E-state index is 13.0. The molecule has 2 aromatic rings. The third-order valence-electron chi connectivity index (χ3n) is 7.28. The first-order valence-electron chi connectivity index (χ1n) is 11.4. The molecule has 0 saturated heterocycles. The molecule has 3 aliphatic rings. The Kier molecular flexibility index (Phi) is 5.85. The Morgan fingerprint density at radius 2 is 1.87 bits per heavy atom. The predicted octanol–water partition coefficient (Wildman–Crippen LogP) is 6.48. The Balaban J connectivity index is 1.18. The minimum atomic E-state index is -0.364. The first kappa shape index (κ1) is 21.1. The van der Waals surface area contributed by atoms with Gasteiger partial charge >= 0.3 is 0 Å². The molecule has 2 heterocycles. The van der Waals surface area contributed by atoms with Crippen LogP contribution in [0.2, 0.25) is 10.0 Å². The van der Waals surface area contributed by atoms with Gasteiger partial charge in [0.05, 0.1) is 5.41 Å². The molecule has 0 saturated carbocycles. The summed E-state index contributed by atoms with van der Waals surface area (Å²) < 4.78 is 0. The summed E-state index contributed by atoms with van der Waals surface area (Å²) >= 11 is 12.5. The fourth-order valence-corrected chi connectivity index (χ4v) is 6.02. The van der Waals surface area contributed by atoms with E-state index >= 15 is 0 Å². The number of hydrogen-bond acceptors (Lipinski definition) is 2. The molecule has 0 aromatic heterocycles. The van der Waals surface area contributed by atoms with E-state index < -0.39 is 0 Å². The molecule has 1 atom stereocenters. The van der Waals surface area contributed by atoms with Crippen LogP contribution >= 0.6 is 23.2 Å². The van der Waals surface area contributed by atoms with Gasteiger partial charge in [-0.05, 0) is 91.6 Å². The molecule has 1 aliphatic carbocycles. The maximum Gasteiger partial charge on any atom is 0.235 e. The van der Waals surface area contributed by atoms with Gasteiger partial charge in [0, 0.05) is 28.8 Å². The smallest absolute Gasteiger partial charge is 0.235 e. The third-order valence-corrected chi connectivity index (χ3v) is 7.89. The normalized spacial score (nSPS) is 22.8. The number of anilines is 1. The van der Waals surface area contributed by atoms with E-state index in [1.54, 1.807) is 0 Å². The molecular formula is C26H28Cl2N2O. The molecule has 0 radical (unpaired) electrons. The summed E-state index contributed by atoms with van der Waals surface area (Å²) in [4.78, 5) is 15.5. The van der Waals surface area contributed by atoms with Gasteiger partial charge in [0.15, 0.2) is 0 Å². The van der Waals surface area contributed by atoms with E-state index in [-0.39, 0.29) is 11.3 Å². The number of amides is 1. The van der Waals surface area contributed by atoms with Crippen LogP contribution in [0.5, 0.6) is 0 Å². The average Bonchev–Trinajstić information content (AvgIpc) is 3.08. The van der Waals surface area contributed by atoms with Crippen LogP contribution in [0.4, 0.5) is 5.69 Å². The first-order valence-corrected chi connectivity index (χ1v) is 12.1. The molecule has 162 valence electrons. The van der Waals surface area contributed by atoms with Crippen LogP contribution in [0.25, 0.3) is 5.57 Å². The monoisotopic (exact) mass is 454 g/mol. The van der Waals surface area contributed by atoms with E-state index in [2.05, 4.69) is 28.4 Å². The van der Waals surface area contributed by atoms with E-state index in [9.17, 15) is 4.79 Å². The minimum Gasteiger partial charge on any atom is -0.325 e. The van der Waals surface area contributed by atoms with Crippen molar-refractivity contribution in [2.45, 2.75) is 50.4 Å². The number of unbranched alkanes of at least 4 members (excludes halogenated alkanes) is 1. The Labute approximate surface area is 194 Å². The molecular weight excluding hydrogens is 427 g/mol. The molecule has 3 nitrogen and oxygen atoms in total. The van der Waals surface area contributed by atoms with Gasteiger partial charge in [-0.2, -0.15) is 0 Å². The lowest BCUT2D eigenvalue weighted by Crippen LogP contribution is -2.37. The molecule has 0 fully saturated rings. The van der Waals surface area contributed by atoms with Crippen LogP contribution in [-0.4, -0.2) is 30.4 Å². The Hall–Kier alpha value is -1.81. The molecule has 0 spiro atoms. The second-order valence-electron chi connectivity index (χ2n) is 9.08. The molecule has 1 amide bonds. The van der Waals surface area contributed by atoms with Crippen molar-refractivity contribution < 1.29 is 4.79 Å². The lowest BCUT2D eigenvalue weighted by Gasteiger charge is -2.34. The predicted molar refractivity (Wildman–Crippen MR) is 129 cm³/mol. The Morgan fingerprint density at radius 3 is 2.65 bits per heavy atom. The van der Waals surface area contributed by atoms with Gasteiger partial charge in [-0.1, -0.05) is 47.8 Å². The highest BCUT2D eigenvalue weighted by Gasteiger charge is 2.49. The highest BCUT2D eigenvalue weighted by molar-refractivity contribution is 6.32. The zero-order valence-electron chi connectivity index (χ0n) is 17.7. The SMILES string of the molecule is O=C1Nc2ccc(Cl)c3c2[C@@]1(CCCCN1CC=C(c2ccc(Cl)cc2)CC1)CCC3. The van der Waals surface area contributed by atoms with Crippen molar-refractivity contribution in [1.29, 1.82) is 0 Å². The Bertz CT molecular complexity index is 1030. The Morgan fingerprint density at radius 1 is 1.03 bits per heavy atom. The summed E-state index contributed by atoms with van der Waals surface area (Å²) in [5.41, 5.74) is 5.71. The summed E-state index contributed by atoms with van der Waals surface area (Å²) in [5, 5.41) is 4.74. The van der Waals surface area contributed by atoms with Crippen molar-refractivity contribution in [2.24, 2.45) is 0 Å². The van der Waals surface area contributed by atoms with E-state index in [0.717, 1.165) is 80.3 Å². The van der Waals surface area contributed by atoms with E-state index in [1.807, 2.05) is 24.3 Å². The largest absolute Gasteiger partial charge is 0.325 e. The number of benzene rings is 2. The number of nitrogens with one attached hydrogen (secondary N) is 1. The molecule has 2 aromatic carbocycles. The zero-order valence-corrected chi connectivity index (χ0v) is 19.2. The molecule has 2 aliphatic heterocycles. The number of rotatable bonds is 6. The van der Waals surface area contributed by atoms with Crippen molar-refractivity contribution in [1.82, 2.24) is 4.90 Å². The van der Waals surface area contributed by atoms with Gasteiger partial charge in [-0.25, -0.2) is 0 Å². The van der Waals surface area contributed by atoms with Crippen LogP contribution in [0, 0.1) is 0 Å². The average molecular weight is 455 g/mol. The molecule has 31 heavy (non-hydrogen) atoms. The highest BCUT2D eigenvalue weighted by atomic mass is 35.5. The minimum absolute atomic E-state index is 0.180. The van der Waals surface area contributed by atoms with Crippen molar-refractivity contribution in [3.8, 4) is 0 Å². The van der Waals surface area contributed by atoms with Crippen LogP contribution in [0.15, 0.2) is 42.5 Å². The fraction of sp³-hybridized carbons (Fsp3) is 0.423. The summed E-state index contributed by atoms with van der Waals surface area (Å²) in [6.45, 7) is 3.16. The second kappa shape index (κ2) is 8.61. The lowest BCUT2D eigenvalue weighted by molar-refractivity contribution is -0.121. The van der Waals surface area contributed by atoms with E-state index in [4.69, 9.17) is 23.2 Å². The van der Waals surface area contributed by atoms with Crippen LogP contribution in [0.3, 0.4) is 0 Å². The van der Waals surface area contributed by atoms with E-state index in [1.165, 1.54) is 22.3 Å². The zero-order chi connectivity index (χ0) is 21.4. The lowest BCUT2D eigenvalue weighted by atomic mass is 9.68. The summed E-state index contributed by atoms with van der Waals surface area (Å²) in [6.07, 6.45) is 9.47. The van der Waals surface area contributed by atoms with Crippen LogP contribution < -0.4 is 5.32 Å². The van der Waals surface area contributed by atoms with Gasteiger partial charge in [0.1, 0.15) is 0 Å². The van der Waals surface area contributed by atoms with Gasteiger partial charge in [0.25, 0.3) is 0 Å². The van der Waals surface area contributed by atoms with Gasteiger partial charge < -0.3 is 5.32 Å². The standard InChI is InChI=1S/C26H28Cl2N2O/c27-20-7-5-18(6-8-20)19-11-16-30(17-12-19)15-2-1-13-26-14-3-4-21-22(28)9-10-23(24(21)26)29-25(26)31/h5-11H,1-4,12-17H2,(H,29,31)/t26-/m1/s1. The van der Waals surface area contributed by atoms with Gasteiger partial charge in [-0.15, -0.1) is 0 Å². The van der Waals surface area contributed by atoms with E-state index in [0.29, 0.717) is 0 Å². The number of carbonyl (C=O) groups is 1. The highest BCUT2D eigenvalue weighted by Crippen LogP contribution is 2.51. The number of hydrogen-bond donors (Lipinski definition) is 1. The summed E-state index contributed by atoms with van der Waals surface area (Å²) in [6, 6.07) is 12.1. The maximum absolute atomic E-state index is 13.0. The van der Waals surface area contributed by atoms with Crippen LogP contribution in [-0.2, 0) is 16.6 Å². The molecule has 5 heteroatoms. The van der Waals surface area contributed by atoms with Crippen molar-refractivity contribution in [3.05, 3.63) is 69.2 Å². The summed E-state index contributed by atoms with van der Waals surface area (Å²) in [5.74, 6) is 0.180. The van der Waals surface area contributed by atoms with Crippen molar-refractivity contribution in [2.75, 3.05) is 25.0 Å². The van der Waals surface area contributed by atoms with Crippen LogP contribution in [0.1, 0.15) is 55.2 Å². The second-order valence-corrected chi connectivity index (χ2v) is 9.93. The molecule has 5 rings (SSSR count). The third kappa shape index (κ3) is 3.92. The van der Waals surface area contributed by atoms with Gasteiger partial charge in [0.2, 0.25) is 5.91 Å². The summed E-state index contributed by atoms with van der Waals surface area (Å²) in [7, 11) is 0. The van der Waals surface area contributed by atoms with Crippen molar-refractivity contribution >= 4 is 40.4 Å².